The first-order valence-corrected chi connectivity index (χ1v) is 6.33. The van der Waals surface area contributed by atoms with Gasteiger partial charge in [-0.3, -0.25) is 4.79 Å². The SMILES string of the molecule is Cc1ccccc1NC=CC(=O)c1ccc(Cl)cc1. The van der Waals surface area contributed by atoms with Gasteiger partial charge < -0.3 is 5.32 Å². The molecule has 3 heteroatoms. The van der Waals surface area contributed by atoms with Crippen LogP contribution in [0.5, 0.6) is 0 Å². The monoisotopic (exact) mass is 271 g/mol. The van der Waals surface area contributed by atoms with E-state index in [1.54, 1.807) is 30.5 Å². The summed E-state index contributed by atoms with van der Waals surface area (Å²) in [6.45, 7) is 2.01. The Morgan fingerprint density at radius 3 is 2.47 bits per heavy atom. The largest absolute Gasteiger partial charge is 0.361 e. The van der Waals surface area contributed by atoms with Gasteiger partial charge >= 0.3 is 0 Å². The lowest BCUT2D eigenvalue weighted by atomic mass is 10.1. The first-order chi connectivity index (χ1) is 9.16. The molecule has 0 saturated carbocycles. The van der Waals surface area contributed by atoms with Crippen molar-refractivity contribution in [1.29, 1.82) is 0 Å². The summed E-state index contributed by atoms with van der Waals surface area (Å²) in [7, 11) is 0. The lowest BCUT2D eigenvalue weighted by Crippen LogP contribution is -1.96. The minimum atomic E-state index is -0.0576. The van der Waals surface area contributed by atoms with Crippen molar-refractivity contribution in [3.8, 4) is 0 Å². The number of aryl methyl sites for hydroxylation is 1. The van der Waals surface area contributed by atoms with E-state index in [1.807, 2.05) is 31.2 Å². The fourth-order valence-corrected chi connectivity index (χ4v) is 1.78. The number of hydrogen-bond acceptors (Lipinski definition) is 2. The second kappa shape index (κ2) is 6.21. The molecular weight excluding hydrogens is 258 g/mol. The standard InChI is InChI=1S/C16H14ClNO/c1-12-4-2-3-5-15(12)18-11-10-16(19)13-6-8-14(17)9-7-13/h2-11,18H,1H3. The minimum Gasteiger partial charge on any atom is -0.361 e. The summed E-state index contributed by atoms with van der Waals surface area (Å²) in [6, 6.07) is 14.7. The molecule has 0 unspecified atom stereocenters. The Morgan fingerprint density at radius 2 is 1.79 bits per heavy atom. The molecule has 2 rings (SSSR count). The number of hydrogen-bond donors (Lipinski definition) is 1. The zero-order valence-electron chi connectivity index (χ0n) is 10.6. The van der Waals surface area contributed by atoms with Gasteiger partial charge in [0.1, 0.15) is 0 Å². The fourth-order valence-electron chi connectivity index (χ4n) is 1.65. The number of rotatable bonds is 4. The highest BCUT2D eigenvalue weighted by Crippen LogP contribution is 2.13. The van der Waals surface area contributed by atoms with Crippen molar-refractivity contribution in [2.45, 2.75) is 6.92 Å². The van der Waals surface area contributed by atoms with Crippen LogP contribution >= 0.6 is 11.6 Å². The Kier molecular flexibility index (Phi) is 4.37. The summed E-state index contributed by atoms with van der Waals surface area (Å²) >= 11 is 5.78. The van der Waals surface area contributed by atoms with Gasteiger partial charge in [0.15, 0.2) is 5.78 Å². The van der Waals surface area contributed by atoms with Gasteiger partial charge in [0.25, 0.3) is 0 Å². The summed E-state index contributed by atoms with van der Waals surface area (Å²) in [4.78, 5) is 11.9. The molecule has 2 aromatic carbocycles. The molecule has 0 bridgehead atoms. The van der Waals surface area contributed by atoms with Gasteiger partial charge in [0.2, 0.25) is 0 Å². The van der Waals surface area contributed by atoms with Crippen LogP contribution in [0.1, 0.15) is 15.9 Å². The average molecular weight is 272 g/mol. The average Bonchev–Trinajstić information content (AvgIpc) is 2.41. The van der Waals surface area contributed by atoms with Gasteiger partial charge in [0, 0.05) is 28.5 Å². The van der Waals surface area contributed by atoms with E-state index in [4.69, 9.17) is 11.6 Å². The number of para-hydroxylation sites is 1. The highest BCUT2D eigenvalue weighted by Gasteiger charge is 2.00. The van der Waals surface area contributed by atoms with E-state index in [-0.39, 0.29) is 5.78 Å². The lowest BCUT2D eigenvalue weighted by Gasteiger charge is -2.03. The van der Waals surface area contributed by atoms with Crippen molar-refractivity contribution in [3.63, 3.8) is 0 Å². The molecule has 0 atom stereocenters. The highest BCUT2D eigenvalue weighted by molar-refractivity contribution is 6.30. The fraction of sp³-hybridized carbons (Fsp3) is 0.0625. The van der Waals surface area contributed by atoms with Crippen LogP contribution < -0.4 is 5.32 Å². The molecule has 19 heavy (non-hydrogen) atoms. The molecular formula is C16H14ClNO. The predicted molar refractivity (Wildman–Crippen MR) is 79.7 cm³/mol. The Balaban J connectivity index is 2.01. The van der Waals surface area contributed by atoms with Crippen molar-refractivity contribution >= 4 is 23.1 Å². The Morgan fingerprint density at radius 1 is 1.11 bits per heavy atom. The van der Waals surface area contributed by atoms with Gasteiger partial charge in [0.05, 0.1) is 0 Å². The number of benzene rings is 2. The highest BCUT2D eigenvalue weighted by atomic mass is 35.5. The van der Waals surface area contributed by atoms with Crippen LogP contribution in [-0.2, 0) is 0 Å². The van der Waals surface area contributed by atoms with Crippen LogP contribution in [-0.4, -0.2) is 5.78 Å². The van der Waals surface area contributed by atoms with Crippen LogP contribution in [0.2, 0.25) is 5.02 Å². The summed E-state index contributed by atoms with van der Waals surface area (Å²) in [5.74, 6) is -0.0576. The molecule has 2 nitrogen and oxygen atoms in total. The molecule has 2 aromatic rings. The maximum Gasteiger partial charge on any atom is 0.187 e. The molecule has 1 N–H and O–H groups in total. The first-order valence-electron chi connectivity index (χ1n) is 5.95. The van der Waals surface area contributed by atoms with Gasteiger partial charge in [-0.25, -0.2) is 0 Å². The Labute approximate surface area is 117 Å². The van der Waals surface area contributed by atoms with Crippen molar-refractivity contribution in [3.05, 3.63) is 77.0 Å². The quantitative estimate of drug-likeness (QED) is 0.657. The van der Waals surface area contributed by atoms with E-state index >= 15 is 0 Å². The van der Waals surface area contributed by atoms with Crippen LogP contribution in [0.4, 0.5) is 5.69 Å². The molecule has 96 valence electrons. The number of allylic oxidation sites excluding steroid dienone is 1. The van der Waals surface area contributed by atoms with Gasteiger partial charge in [-0.2, -0.15) is 0 Å². The van der Waals surface area contributed by atoms with Crippen LogP contribution in [0.25, 0.3) is 0 Å². The maximum absolute atomic E-state index is 11.9. The smallest absolute Gasteiger partial charge is 0.187 e. The zero-order valence-corrected chi connectivity index (χ0v) is 11.3. The third-order valence-electron chi connectivity index (χ3n) is 2.75. The molecule has 0 heterocycles. The van der Waals surface area contributed by atoms with E-state index in [2.05, 4.69) is 5.32 Å². The number of anilines is 1. The van der Waals surface area contributed by atoms with E-state index in [0.29, 0.717) is 10.6 Å². The van der Waals surface area contributed by atoms with Crippen LogP contribution in [0, 0.1) is 6.92 Å². The molecule has 0 spiro atoms. The molecule has 0 aliphatic rings. The second-order valence-electron chi connectivity index (χ2n) is 4.16. The minimum absolute atomic E-state index is 0.0576. The Bertz CT molecular complexity index is 602. The number of ketones is 1. The van der Waals surface area contributed by atoms with E-state index in [1.165, 1.54) is 6.08 Å². The number of carbonyl (C=O) groups excluding carboxylic acids is 1. The first kappa shape index (κ1) is 13.4. The van der Waals surface area contributed by atoms with Gasteiger partial charge in [-0.05, 0) is 42.8 Å². The van der Waals surface area contributed by atoms with E-state index in [0.717, 1.165) is 11.3 Å². The molecule has 0 saturated heterocycles. The summed E-state index contributed by atoms with van der Waals surface area (Å²) in [5.41, 5.74) is 2.74. The predicted octanol–water partition coefficient (Wildman–Crippen LogP) is 4.46. The van der Waals surface area contributed by atoms with Gasteiger partial charge in [-0.15, -0.1) is 0 Å². The van der Waals surface area contributed by atoms with E-state index < -0.39 is 0 Å². The second-order valence-corrected chi connectivity index (χ2v) is 4.60. The Hall–Kier alpha value is -2.06. The molecule has 0 fully saturated rings. The third kappa shape index (κ3) is 3.70. The van der Waals surface area contributed by atoms with Crippen molar-refractivity contribution in [2.75, 3.05) is 5.32 Å². The normalized spacial score (nSPS) is 10.6. The molecule has 0 aromatic heterocycles. The van der Waals surface area contributed by atoms with Crippen molar-refractivity contribution in [2.24, 2.45) is 0 Å². The van der Waals surface area contributed by atoms with Crippen molar-refractivity contribution in [1.82, 2.24) is 0 Å². The maximum atomic E-state index is 11.9. The molecule has 0 aliphatic carbocycles. The van der Waals surface area contributed by atoms with Crippen molar-refractivity contribution < 1.29 is 4.79 Å². The summed E-state index contributed by atoms with van der Waals surface area (Å²) in [6.07, 6.45) is 3.16. The van der Waals surface area contributed by atoms with Crippen LogP contribution in [0.3, 0.4) is 0 Å². The third-order valence-corrected chi connectivity index (χ3v) is 3.00. The summed E-state index contributed by atoms with van der Waals surface area (Å²) < 4.78 is 0. The zero-order chi connectivity index (χ0) is 13.7. The molecule has 0 aliphatic heterocycles. The van der Waals surface area contributed by atoms with Crippen LogP contribution in [0.15, 0.2) is 60.8 Å². The molecule has 0 radical (unpaired) electrons. The number of nitrogens with one attached hydrogen (secondary N) is 1. The lowest BCUT2D eigenvalue weighted by molar-refractivity contribution is 0.104. The number of carbonyl (C=O) groups is 1. The topological polar surface area (TPSA) is 29.1 Å². The van der Waals surface area contributed by atoms with Gasteiger partial charge in [-0.1, -0.05) is 29.8 Å². The van der Waals surface area contributed by atoms with E-state index in [9.17, 15) is 4.79 Å². The number of halogens is 1. The summed E-state index contributed by atoms with van der Waals surface area (Å²) in [5, 5.41) is 3.72. The molecule has 0 amide bonds.